The van der Waals surface area contributed by atoms with Gasteiger partial charge in [-0.05, 0) is 122 Å². The molecule has 7 aromatic carbocycles. The van der Waals surface area contributed by atoms with Crippen molar-refractivity contribution in [1.82, 2.24) is 0 Å². The summed E-state index contributed by atoms with van der Waals surface area (Å²) in [7, 11) is -5.32. The summed E-state index contributed by atoms with van der Waals surface area (Å²) in [6, 6.07) is 55.2. The molecule has 0 unspecified atom stereocenters. The van der Waals surface area contributed by atoms with E-state index in [0.717, 1.165) is 13.1 Å². The summed E-state index contributed by atoms with van der Waals surface area (Å²) in [5.74, 6) is 0. The average molecular weight is 1170 g/mol. The van der Waals surface area contributed by atoms with Crippen molar-refractivity contribution in [3.05, 3.63) is 227 Å². The van der Waals surface area contributed by atoms with Gasteiger partial charge in [-0.1, -0.05) is 160 Å². The molecular weight excluding hydrogens is 1100 g/mol. The van der Waals surface area contributed by atoms with Crippen molar-refractivity contribution in [1.29, 1.82) is 0 Å². The lowest BCUT2D eigenvalue weighted by Gasteiger charge is -2.36. The number of rotatable bonds is 8. The van der Waals surface area contributed by atoms with Gasteiger partial charge in [0, 0.05) is 94.2 Å². The van der Waals surface area contributed by atoms with Crippen LogP contribution >= 0.6 is 0 Å². The zero-order valence-corrected chi connectivity index (χ0v) is 50.1. The maximum atomic E-state index is 8.49. The number of nitrogens with zero attached hydrogens (tertiary/aromatic N) is 4. The molecule has 2 saturated carbocycles. The molecule has 0 atom stereocenters. The number of allylic oxidation sites excluding steroid dienone is 8. The van der Waals surface area contributed by atoms with Crippen LogP contribution in [0.4, 0.5) is 22.7 Å². The van der Waals surface area contributed by atoms with Crippen LogP contribution in [0.25, 0.3) is 21.5 Å². The minimum absolute atomic E-state index is 0.0924. The molecule has 4 aliphatic heterocycles. The largest absolute Gasteiger partial charge is 0.347 e. The first-order valence-electron chi connectivity index (χ1n) is 29.1. The van der Waals surface area contributed by atoms with Crippen LogP contribution in [0.3, 0.4) is 0 Å². The topological polar surface area (TPSA) is 197 Å². The Kier molecular flexibility index (Phi) is 16.1. The van der Waals surface area contributed by atoms with Crippen molar-refractivity contribution in [2.75, 3.05) is 23.9 Å². The third-order valence-electron chi connectivity index (χ3n) is 18.9. The van der Waals surface area contributed by atoms with Crippen molar-refractivity contribution >= 4 is 55.7 Å². The standard InChI is InChI=1S/C70H72N4.2ClHO4/c1-67(2)61(31-21-33-63-69(43-17-7-18-44-69)55-27-13-15-29-57(55)71(63)5)73(59-41-39-51-23-9-11-25-53(51)65(59)67)47-49-35-37-50(38-36-49)48-74-60-42-40-52-24-10-12-26-54(52)66(60)68(3,4)62(74)32-22-34-64-70(45-19-8-20-46-70)56-28-14-16-30-58(56)72(64)6;2*2-1(3,4)5/h9-16,21-42H,7-8,17-20,43-48H2,1-6H3;2*(H,2,3,4,5)/q+2;;/p-2. The summed E-state index contributed by atoms with van der Waals surface area (Å²) >= 11 is 0. The SMILES string of the molecule is CN1/C(=C/C=C/C2=[N+](Cc3ccc(C[N+]4=C(/C=C/C=C5/N(C)c6ccccc6C56CCCCC6)C(C)(C)c5c4ccc4ccccc54)cc3)c3ccc4ccccc4c3C2(C)C)C2(CCCCC2)c2ccccc21.[O-][Cl+3]([O-])([O-])[O-].[O-][Cl+3]([O-])([O-])[O-]. The van der Waals surface area contributed by atoms with Gasteiger partial charge in [-0.3, -0.25) is 0 Å². The first-order valence-corrected chi connectivity index (χ1v) is 31.6. The highest BCUT2D eigenvalue weighted by Crippen LogP contribution is 2.56. The van der Waals surface area contributed by atoms with Crippen LogP contribution < -0.4 is 47.1 Å². The number of halogens is 2. The Morgan fingerprint density at radius 1 is 0.429 bits per heavy atom. The second kappa shape index (κ2) is 22.9. The van der Waals surface area contributed by atoms with Gasteiger partial charge in [0.2, 0.25) is 11.4 Å². The third kappa shape index (κ3) is 11.1. The lowest BCUT2D eigenvalue weighted by Crippen LogP contribution is -2.68. The Labute approximate surface area is 497 Å². The summed E-state index contributed by atoms with van der Waals surface area (Å²) in [5.41, 5.74) is 19.2. The number of para-hydroxylation sites is 2. The predicted molar refractivity (Wildman–Crippen MR) is 311 cm³/mol. The molecule has 14 heteroatoms. The normalized spacial score (nSPS) is 20.1. The number of hydrogen-bond donors (Lipinski definition) is 0. The van der Waals surface area contributed by atoms with Gasteiger partial charge in [0.1, 0.15) is 0 Å². The molecule has 0 radical (unpaired) electrons. The Morgan fingerprint density at radius 3 is 1.13 bits per heavy atom. The van der Waals surface area contributed by atoms with E-state index in [9.17, 15) is 0 Å². The van der Waals surface area contributed by atoms with Gasteiger partial charge in [-0.2, -0.15) is 9.15 Å². The van der Waals surface area contributed by atoms with E-state index < -0.39 is 20.5 Å². The zero-order valence-electron chi connectivity index (χ0n) is 48.6. The molecule has 2 aliphatic carbocycles. The molecule has 2 fully saturated rings. The van der Waals surface area contributed by atoms with Crippen LogP contribution in [0.15, 0.2) is 193 Å². The molecule has 2 spiro atoms. The molecule has 0 N–H and O–H groups in total. The van der Waals surface area contributed by atoms with Crippen molar-refractivity contribution < 1.29 is 66.9 Å². The van der Waals surface area contributed by atoms with E-state index in [4.69, 9.17) is 37.3 Å². The summed E-state index contributed by atoms with van der Waals surface area (Å²) < 4.78 is 73.2. The molecule has 84 heavy (non-hydrogen) atoms. The Hall–Kier alpha value is -6.78. The van der Waals surface area contributed by atoms with Crippen LogP contribution in [0.2, 0.25) is 0 Å². The van der Waals surface area contributed by atoms with E-state index in [1.807, 2.05) is 0 Å². The minimum atomic E-state index is -4.94. The Bertz CT molecular complexity index is 3590. The second-order valence-corrected chi connectivity index (χ2v) is 25.9. The fourth-order valence-electron chi connectivity index (χ4n) is 15.4. The van der Waals surface area contributed by atoms with Crippen LogP contribution in [0.1, 0.15) is 125 Å². The molecule has 13 rings (SSSR count). The second-order valence-electron chi connectivity index (χ2n) is 24.4. The number of benzene rings is 7. The number of hydrogen-bond acceptors (Lipinski definition) is 10. The first kappa shape index (κ1) is 59.0. The van der Waals surface area contributed by atoms with Crippen molar-refractivity contribution in [2.45, 2.75) is 127 Å². The van der Waals surface area contributed by atoms with E-state index in [2.05, 4.69) is 243 Å². The van der Waals surface area contributed by atoms with Gasteiger partial charge >= 0.3 is 0 Å². The lowest BCUT2D eigenvalue weighted by atomic mass is 9.68. The third-order valence-corrected chi connectivity index (χ3v) is 18.9. The van der Waals surface area contributed by atoms with Crippen molar-refractivity contribution in [2.24, 2.45) is 0 Å². The molecule has 0 amide bonds. The van der Waals surface area contributed by atoms with Crippen LogP contribution in [-0.2, 0) is 34.7 Å². The van der Waals surface area contributed by atoms with E-state index in [-0.39, 0.29) is 21.7 Å². The van der Waals surface area contributed by atoms with Gasteiger partial charge in [-0.25, -0.2) is 37.3 Å². The highest BCUT2D eigenvalue weighted by atomic mass is 35.7. The fourth-order valence-corrected chi connectivity index (χ4v) is 15.4. The van der Waals surface area contributed by atoms with E-state index in [0.29, 0.717) is 0 Å². The molecular formula is C70H72Cl2N4O8. The quantitative estimate of drug-likeness (QED) is 0.140. The number of likely N-dealkylation sites (N-methyl/N-ethyl adjacent to an activating group) is 2. The maximum Gasteiger partial charge on any atom is 0.210 e. The van der Waals surface area contributed by atoms with E-state index >= 15 is 0 Å². The van der Waals surface area contributed by atoms with E-state index in [1.54, 1.807) is 0 Å². The monoisotopic (exact) mass is 1170 g/mol. The molecule has 6 aliphatic rings. The van der Waals surface area contributed by atoms with Crippen LogP contribution in [0, 0.1) is 20.5 Å². The minimum Gasteiger partial charge on any atom is -0.347 e. The molecule has 0 saturated heterocycles. The molecule has 7 aromatic rings. The fraction of sp³-hybridized carbons (Fsp3) is 0.314. The highest BCUT2D eigenvalue weighted by molar-refractivity contribution is 6.09. The van der Waals surface area contributed by atoms with Gasteiger partial charge in [0.15, 0.2) is 24.5 Å². The molecule has 0 aromatic heterocycles. The lowest BCUT2D eigenvalue weighted by molar-refractivity contribution is -2.00. The summed E-state index contributed by atoms with van der Waals surface area (Å²) in [4.78, 5) is 4.96. The van der Waals surface area contributed by atoms with Gasteiger partial charge in [0.25, 0.3) is 0 Å². The number of anilines is 2. The molecule has 12 nitrogen and oxygen atoms in total. The van der Waals surface area contributed by atoms with Gasteiger partial charge < -0.3 is 9.80 Å². The van der Waals surface area contributed by atoms with Gasteiger partial charge in [0.05, 0.1) is 10.8 Å². The first-order chi connectivity index (χ1) is 40.0. The zero-order chi connectivity index (χ0) is 59.4. The Balaban J connectivity index is 0.000000682. The summed E-state index contributed by atoms with van der Waals surface area (Å²) in [6.45, 7) is 11.3. The number of fused-ring (bicyclic) bond motifs is 10. The van der Waals surface area contributed by atoms with E-state index in [1.165, 1.54) is 165 Å². The average Bonchev–Trinajstić information content (AvgIpc) is 2.11. The molecule has 434 valence electrons. The molecule has 4 heterocycles. The summed E-state index contributed by atoms with van der Waals surface area (Å²) in [6.07, 6.45) is 27.2. The molecule has 0 bridgehead atoms. The maximum absolute atomic E-state index is 8.49. The van der Waals surface area contributed by atoms with Crippen LogP contribution in [0.5, 0.6) is 0 Å². The smallest absolute Gasteiger partial charge is 0.210 e. The Morgan fingerprint density at radius 2 is 0.762 bits per heavy atom. The summed E-state index contributed by atoms with van der Waals surface area (Å²) in [5, 5.41) is 5.29. The van der Waals surface area contributed by atoms with Crippen LogP contribution in [-0.4, -0.2) is 34.7 Å². The highest BCUT2D eigenvalue weighted by Gasteiger charge is 2.50. The predicted octanol–water partition coefficient (Wildman–Crippen LogP) is 7.22. The van der Waals surface area contributed by atoms with Gasteiger partial charge in [-0.15, -0.1) is 20.5 Å². The van der Waals surface area contributed by atoms with Crippen molar-refractivity contribution in [3.8, 4) is 0 Å². The van der Waals surface area contributed by atoms with Crippen molar-refractivity contribution in [3.63, 3.8) is 0 Å².